The van der Waals surface area contributed by atoms with Crippen LogP contribution in [0, 0.1) is 0 Å². The van der Waals surface area contributed by atoms with Gasteiger partial charge in [-0.2, -0.15) is 0 Å². The summed E-state index contributed by atoms with van der Waals surface area (Å²) >= 11 is 0. The summed E-state index contributed by atoms with van der Waals surface area (Å²) in [6.45, 7) is 0.537. The van der Waals surface area contributed by atoms with E-state index in [9.17, 15) is 0 Å². The van der Waals surface area contributed by atoms with Crippen LogP contribution in [-0.4, -0.2) is 0 Å². The summed E-state index contributed by atoms with van der Waals surface area (Å²) in [6.07, 6.45) is 2.25. The van der Waals surface area contributed by atoms with E-state index in [-0.39, 0.29) is 0 Å². The van der Waals surface area contributed by atoms with Crippen LogP contribution in [0.5, 0.6) is 5.75 Å². The molecule has 0 atom stereocenters. The number of rotatable bonds is 9. The normalized spacial score (nSPS) is 11.2. The Balaban J connectivity index is 1.33. The van der Waals surface area contributed by atoms with E-state index in [0.29, 0.717) is 6.61 Å². The minimum absolute atomic E-state index is 0.537. The van der Waals surface area contributed by atoms with E-state index in [1.807, 2.05) is 36.4 Å². The first-order valence-corrected chi connectivity index (χ1v) is 13.9. The highest BCUT2D eigenvalue weighted by atomic mass is 16.5. The smallest absolute Gasteiger partial charge is 0.120 e. The van der Waals surface area contributed by atoms with Gasteiger partial charge in [0, 0.05) is 17.1 Å². The molecule has 0 aliphatic rings. The van der Waals surface area contributed by atoms with Gasteiger partial charge in [0.1, 0.15) is 12.4 Å². The van der Waals surface area contributed by atoms with Crippen molar-refractivity contribution in [2.75, 3.05) is 4.90 Å². The van der Waals surface area contributed by atoms with Gasteiger partial charge in [-0.05, 0) is 82.4 Å². The molecular formula is C39H31NO. The Labute approximate surface area is 242 Å². The van der Waals surface area contributed by atoms with Crippen molar-refractivity contribution in [1.82, 2.24) is 0 Å². The van der Waals surface area contributed by atoms with Crippen LogP contribution in [0.4, 0.5) is 17.1 Å². The molecule has 0 spiro atoms. The Morgan fingerprint density at radius 2 is 1.00 bits per heavy atom. The second-order valence-corrected chi connectivity index (χ2v) is 9.82. The SMILES string of the molecule is C(=C(/c1ccccc1)c1cccc(OCc2ccccc2)c1)/c1ccc(N(c2ccccc2)c2ccccc2)cc1. The van der Waals surface area contributed by atoms with Crippen LogP contribution < -0.4 is 9.64 Å². The zero-order chi connectivity index (χ0) is 27.7. The van der Waals surface area contributed by atoms with E-state index in [1.165, 1.54) is 0 Å². The van der Waals surface area contributed by atoms with E-state index >= 15 is 0 Å². The Morgan fingerprint density at radius 1 is 0.488 bits per heavy atom. The Morgan fingerprint density at radius 3 is 1.61 bits per heavy atom. The third-order valence-corrected chi connectivity index (χ3v) is 6.97. The summed E-state index contributed by atoms with van der Waals surface area (Å²) in [5.74, 6) is 0.852. The van der Waals surface area contributed by atoms with Crippen LogP contribution in [0.2, 0.25) is 0 Å². The number of hydrogen-bond acceptors (Lipinski definition) is 2. The van der Waals surface area contributed by atoms with Gasteiger partial charge in [0.25, 0.3) is 0 Å². The molecule has 0 amide bonds. The Bertz CT molecular complexity index is 1660. The Hall–Kier alpha value is -5.34. The van der Waals surface area contributed by atoms with Crippen LogP contribution in [0.25, 0.3) is 11.6 Å². The van der Waals surface area contributed by atoms with Crippen LogP contribution in [0.1, 0.15) is 22.3 Å². The van der Waals surface area contributed by atoms with Crippen molar-refractivity contribution >= 4 is 28.7 Å². The van der Waals surface area contributed by atoms with Gasteiger partial charge in [0.15, 0.2) is 0 Å². The average Bonchev–Trinajstić information content (AvgIpc) is 3.05. The molecule has 0 unspecified atom stereocenters. The Kier molecular flexibility index (Phi) is 8.01. The second kappa shape index (κ2) is 12.7. The average molecular weight is 530 g/mol. The zero-order valence-electron chi connectivity index (χ0n) is 22.8. The number of nitrogens with zero attached hydrogens (tertiary/aromatic N) is 1. The molecule has 0 saturated carbocycles. The van der Waals surface area contributed by atoms with Crippen molar-refractivity contribution in [1.29, 1.82) is 0 Å². The standard InChI is InChI=1S/C39H31NO/c1-5-14-32(15-6-1)30-41-38-23-13-18-34(29-38)39(33-16-7-2-8-17-33)28-31-24-26-37(27-25-31)40(35-19-9-3-10-20-35)36-21-11-4-12-22-36/h1-29H,30H2/b39-28+. The summed E-state index contributed by atoms with van der Waals surface area (Å²) in [6, 6.07) is 58.9. The fourth-order valence-corrected chi connectivity index (χ4v) is 4.93. The maximum absolute atomic E-state index is 6.16. The molecule has 0 aliphatic heterocycles. The number of para-hydroxylation sites is 2. The van der Waals surface area contributed by atoms with E-state index in [0.717, 1.165) is 50.6 Å². The summed E-state index contributed by atoms with van der Waals surface area (Å²) < 4.78 is 6.16. The molecule has 2 heteroatoms. The molecule has 0 aromatic heterocycles. The zero-order valence-corrected chi connectivity index (χ0v) is 22.8. The van der Waals surface area contributed by atoms with Gasteiger partial charge in [-0.3, -0.25) is 0 Å². The number of ether oxygens (including phenoxy) is 1. The molecule has 0 aliphatic carbocycles. The highest BCUT2D eigenvalue weighted by Gasteiger charge is 2.12. The largest absolute Gasteiger partial charge is 0.489 e. The lowest BCUT2D eigenvalue weighted by molar-refractivity contribution is 0.306. The lowest BCUT2D eigenvalue weighted by atomic mass is 9.95. The lowest BCUT2D eigenvalue weighted by Crippen LogP contribution is -2.09. The van der Waals surface area contributed by atoms with Gasteiger partial charge in [-0.1, -0.05) is 121 Å². The van der Waals surface area contributed by atoms with Gasteiger partial charge < -0.3 is 9.64 Å². The highest BCUT2D eigenvalue weighted by Crippen LogP contribution is 2.35. The molecule has 41 heavy (non-hydrogen) atoms. The van der Waals surface area contributed by atoms with Crippen LogP contribution in [-0.2, 0) is 6.61 Å². The van der Waals surface area contributed by atoms with Crippen molar-refractivity contribution in [3.63, 3.8) is 0 Å². The predicted molar refractivity (Wildman–Crippen MR) is 172 cm³/mol. The van der Waals surface area contributed by atoms with Crippen molar-refractivity contribution in [3.8, 4) is 5.75 Å². The molecule has 6 rings (SSSR count). The maximum atomic E-state index is 6.16. The molecule has 0 saturated heterocycles. The minimum atomic E-state index is 0.537. The number of hydrogen-bond donors (Lipinski definition) is 0. The van der Waals surface area contributed by atoms with Gasteiger partial charge in [0.05, 0.1) is 0 Å². The quantitative estimate of drug-likeness (QED) is 0.173. The van der Waals surface area contributed by atoms with Gasteiger partial charge in [0.2, 0.25) is 0 Å². The summed E-state index contributed by atoms with van der Waals surface area (Å²) in [5, 5.41) is 0. The summed E-state index contributed by atoms with van der Waals surface area (Å²) in [5.41, 5.74) is 9.05. The lowest BCUT2D eigenvalue weighted by Gasteiger charge is -2.25. The fraction of sp³-hybridized carbons (Fsp3) is 0.0256. The first kappa shape index (κ1) is 25.9. The van der Waals surface area contributed by atoms with Crippen molar-refractivity contribution in [3.05, 3.63) is 192 Å². The van der Waals surface area contributed by atoms with Crippen LogP contribution in [0.15, 0.2) is 170 Å². The minimum Gasteiger partial charge on any atom is -0.489 e. The van der Waals surface area contributed by atoms with Crippen molar-refractivity contribution < 1.29 is 4.74 Å². The molecule has 0 bridgehead atoms. The fourth-order valence-electron chi connectivity index (χ4n) is 4.93. The van der Waals surface area contributed by atoms with Crippen molar-refractivity contribution in [2.24, 2.45) is 0 Å². The van der Waals surface area contributed by atoms with E-state index in [4.69, 9.17) is 4.74 Å². The molecule has 6 aromatic carbocycles. The predicted octanol–water partition coefficient (Wildman–Crippen LogP) is 10.3. The molecule has 0 radical (unpaired) electrons. The number of benzene rings is 6. The highest BCUT2D eigenvalue weighted by molar-refractivity contribution is 5.92. The van der Waals surface area contributed by atoms with Gasteiger partial charge in [-0.15, -0.1) is 0 Å². The molecule has 0 N–H and O–H groups in total. The van der Waals surface area contributed by atoms with Gasteiger partial charge >= 0.3 is 0 Å². The third-order valence-electron chi connectivity index (χ3n) is 6.97. The summed E-state index contributed by atoms with van der Waals surface area (Å²) in [4.78, 5) is 2.28. The first-order valence-electron chi connectivity index (χ1n) is 13.9. The third kappa shape index (κ3) is 6.46. The molecule has 2 nitrogen and oxygen atoms in total. The van der Waals surface area contributed by atoms with Crippen molar-refractivity contribution in [2.45, 2.75) is 6.61 Å². The van der Waals surface area contributed by atoms with E-state index in [2.05, 4.69) is 144 Å². The van der Waals surface area contributed by atoms with Crippen LogP contribution in [0.3, 0.4) is 0 Å². The number of anilines is 3. The molecule has 6 aromatic rings. The van der Waals surface area contributed by atoms with Crippen LogP contribution >= 0.6 is 0 Å². The topological polar surface area (TPSA) is 12.5 Å². The van der Waals surface area contributed by atoms with Gasteiger partial charge in [-0.25, -0.2) is 0 Å². The molecule has 0 fully saturated rings. The molecular weight excluding hydrogens is 498 g/mol. The first-order chi connectivity index (χ1) is 20.3. The monoisotopic (exact) mass is 529 g/mol. The molecule has 198 valence electrons. The summed E-state index contributed by atoms with van der Waals surface area (Å²) in [7, 11) is 0. The second-order valence-electron chi connectivity index (χ2n) is 9.82. The molecule has 0 heterocycles. The van der Waals surface area contributed by atoms with E-state index in [1.54, 1.807) is 0 Å². The van der Waals surface area contributed by atoms with E-state index < -0.39 is 0 Å². The maximum Gasteiger partial charge on any atom is 0.120 e.